The van der Waals surface area contributed by atoms with Crippen LogP contribution in [0.1, 0.15) is 48.3 Å². The number of hydrogen-bond donors (Lipinski definition) is 0. The summed E-state index contributed by atoms with van der Waals surface area (Å²) >= 11 is 0. The van der Waals surface area contributed by atoms with Gasteiger partial charge in [-0.05, 0) is 50.5 Å². The summed E-state index contributed by atoms with van der Waals surface area (Å²) in [5.74, 6) is 0.812. The van der Waals surface area contributed by atoms with E-state index in [1.54, 1.807) is 20.4 Å². The maximum absolute atomic E-state index is 10.2. The Balaban J connectivity index is 2.01. The fourth-order valence-electron chi connectivity index (χ4n) is 4.75. The molecule has 2 aromatic heterocycles. The molecule has 2 aliphatic rings. The molecule has 0 N–H and O–H groups in total. The van der Waals surface area contributed by atoms with Crippen LogP contribution in [0.4, 0.5) is 0 Å². The Morgan fingerprint density at radius 2 is 2.04 bits per heavy atom. The second-order valence-electron chi connectivity index (χ2n) is 7.61. The van der Waals surface area contributed by atoms with E-state index < -0.39 is 0 Å². The average molecular weight is 375 g/mol. The third-order valence-corrected chi connectivity index (χ3v) is 6.03. The Hall–Kier alpha value is -2.84. The first kappa shape index (κ1) is 18.5. The van der Waals surface area contributed by atoms with Gasteiger partial charge in [-0.25, -0.2) is 0 Å². The molecule has 28 heavy (non-hydrogen) atoms. The highest BCUT2D eigenvalue weighted by Crippen LogP contribution is 2.47. The van der Waals surface area contributed by atoms with Gasteiger partial charge in [-0.3, -0.25) is 4.98 Å². The van der Waals surface area contributed by atoms with Gasteiger partial charge in [-0.1, -0.05) is 5.57 Å². The molecule has 0 fully saturated rings. The molecule has 0 amide bonds. The first-order valence-corrected chi connectivity index (χ1v) is 9.58. The van der Waals surface area contributed by atoms with Gasteiger partial charge in [-0.2, -0.15) is 5.26 Å². The first-order chi connectivity index (χ1) is 13.5. The van der Waals surface area contributed by atoms with Crippen LogP contribution in [0.25, 0.3) is 16.7 Å². The molecule has 2 unspecified atom stereocenters. The molecule has 0 spiro atoms. The minimum Gasteiger partial charge on any atom is -0.498 e. The number of ether oxygens (including phenoxy) is 2. The number of nitriles is 1. The molecular weight excluding hydrogens is 350 g/mol. The van der Waals surface area contributed by atoms with Crippen LogP contribution in [0.15, 0.2) is 35.9 Å². The number of allylic oxidation sites excluding steroid dienone is 2. The number of rotatable bonds is 3. The highest BCUT2D eigenvalue weighted by atomic mass is 16.5. The quantitative estimate of drug-likeness (QED) is 0.780. The van der Waals surface area contributed by atoms with E-state index in [0.717, 1.165) is 57.8 Å². The van der Waals surface area contributed by atoms with Crippen molar-refractivity contribution in [2.45, 2.75) is 45.8 Å². The molecule has 0 bridgehead atoms. The van der Waals surface area contributed by atoms with Crippen molar-refractivity contribution in [3.05, 3.63) is 58.4 Å². The average Bonchev–Trinajstić information content (AvgIpc) is 3.00. The predicted molar refractivity (Wildman–Crippen MR) is 109 cm³/mol. The molecule has 0 saturated heterocycles. The number of methoxy groups -OCH3 is 2. The fraction of sp³-hybridized carbons (Fsp3) is 0.391. The van der Waals surface area contributed by atoms with Gasteiger partial charge >= 0.3 is 0 Å². The summed E-state index contributed by atoms with van der Waals surface area (Å²) in [6.07, 6.45) is 7.40. The summed E-state index contributed by atoms with van der Waals surface area (Å²) in [7, 11) is 3.39. The largest absolute Gasteiger partial charge is 0.498 e. The summed E-state index contributed by atoms with van der Waals surface area (Å²) in [5, 5.41) is 10.2. The minimum atomic E-state index is -0.0639. The Morgan fingerprint density at radius 3 is 2.68 bits per heavy atom. The third-order valence-electron chi connectivity index (χ3n) is 6.03. The van der Waals surface area contributed by atoms with Crippen LogP contribution < -0.4 is 0 Å². The molecule has 4 rings (SSSR count). The van der Waals surface area contributed by atoms with Crippen molar-refractivity contribution in [3.63, 3.8) is 0 Å². The van der Waals surface area contributed by atoms with E-state index in [2.05, 4.69) is 35.5 Å². The van der Waals surface area contributed by atoms with E-state index in [-0.39, 0.29) is 12.1 Å². The van der Waals surface area contributed by atoms with Crippen LogP contribution in [0.5, 0.6) is 0 Å². The summed E-state index contributed by atoms with van der Waals surface area (Å²) in [6.45, 7) is 6.38. The van der Waals surface area contributed by atoms with Gasteiger partial charge < -0.3 is 14.0 Å². The van der Waals surface area contributed by atoms with Crippen molar-refractivity contribution in [2.24, 2.45) is 0 Å². The van der Waals surface area contributed by atoms with Gasteiger partial charge in [0.1, 0.15) is 17.9 Å². The molecule has 0 aromatic carbocycles. The Kier molecular flexibility index (Phi) is 4.60. The molecule has 3 heterocycles. The molecule has 2 aromatic rings. The Morgan fingerprint density at radius 1 is 1.25 bits per heavy atom. The Labute approximate surface area is 165 Å². The molecule has 0 saturated carbocycles. The molecule has 2 atom stereocenters. The van der Waals surface area contributed by atoms with Crippen molar-refractivity contribution in [2.75, 3.05) is 14.2 Å². The van der Waals surface area contributed by atoms with Crippen molar-refractivity contribution in [1.29, 1.82) is 5.26 Å². The number of hydrogen-bond acceptors (Lipinski definition) is 4. The summed E-state index contributed by atoms with van der Waals surface area (Å²) < 4.78 is 13.6. The van der Waals surface area contributed by atoms with E-state index in [4.69, 9.17) is 9.47 Å². The maximum Gasteiger partial charge on any atom is 0.125 e. The van der Waals surface area contributed by atoms with Crippen molar-refractivity contribution >= 4 is 5.57 Å². The van der Waals surface area contributed by atoms with Gasteiger partial charge in [-0.15, -0.1) is 0 Å². The van der Waals surface area contributed by atoms with Crippen LogP contribution in [-0.2, 0) is 9.47 Å². The molecule has 144 valence electrons. The first-order valence-electron chi connectivity index (χ1n) is 9.58. The van der Waals surface area contributed by atoms with E-state index in [0.29, 0.717) is 0 Å². The van der Waals surface area contributed by atoms with Gasteiger partial charge in [0.05, 0.1) is 18.4 Å². The summed E-state index contributed by atoms with van der Waals surface area (Å²) in [6, 6.07) is 4.79. The van der Waals surface area contributed by atoms with Gasteiger partial charge in [0.2, 0.25) is 0 Å². The van der Waals surface area contributed by atoms with E-state index in [1.165, 1.54) is 5.57 Å². The second kappa shape index (κ2) is 6.96. The molecule has 5 heteroatoms. The van der Waals surface area contributed by atoms with Crippen LogP contribution in [0, 0.1) is 25.2 Å². The summed E-state index contributed by atoms with van der Waals surface area (Å²) in [4.78, 5) is 4.22. The number of aromatic nitrogens is 2. The van der Waals surface area contributed by atoms with Gasteiger partial charge in [0.25, 0.3) is 0 Å². The van der Waals surface area contributed by atoms with Gasteiger partial charge in [0.15, 0.2) is 0 Å². The molecule has 5 nitrogen and oxygen atoms in total. The molecular formula is C23H25N3O2. The number of aryl methyl sites for hydroxylation is 1. The van der Waals surface area contributed by atoms with Gasteiger partial charge in [0, 0.05) is 48.8 Å². The van der Waals surface area contributed by atoms with Crippen LogP contribution in [-0.4, -0.2) is 29.9 Å². The minimum absolute atomic E-state index is 0.0639. The number of pyridine rings is 1. The molecule has 1 aliphatic carbocycles. The Bertz CT molecular complexity index is 1050. The van der Waals surface area contributed by atoms with Crippen molar-refractivity contribution in [1.82, 2.24) is 9.55 Å². The third kappa shape index (κ3) is 2.60. The summed E-state index contributed by atoms with van der Waals surface area (Å²) in [5.41, 5.74) is 8.46. The zero-order valence-corrected chi connectivity index (χ0v) is 17.0. The normalized spacial score (nSPS) is 20.9. The lowest BCUT2D eigenvalue weighted by Gasteiger charge is -2.33. The lowest BCUT2D eigenvalue weighted by atomic mass is 9.84. The monoisotopic (exact) mass is 375 g/mol. The topological polar surface area (TPSA) is 60.1 Å². The zero-order chi connectivity index (χ0) is 20.0. The smallest absolute Gasteiger partial charge is 0.125 e. The fourth-order valence-corrected chi connectivity index (χ4v) is 4.75. The van der Waals surface area contributed by atoms with Crippen LogP contribution in [0.2, 0.25) is 0 Å². The lowest BCUT2D eigenvalue weighted by Crippen LogP contribution is -2.25. The van der Waals surface area contributed by atoms with Crippen molar-refractivity contribution in [3.8, 4) is 17.2 Å². The van der Waals surface area contributed by atoms with E-state index in [9.17, 15) is 5.26 Å². The standard InChI is InChI=1S/C23H25N3O2/c1-13-12-25-7-6-17(13)22-15(3)26-14(2)8-16-9-20(27-4)21(28-5)10-18(16)23(26)19(22)11-24/h6-7,10,12,14,20H,8-9H2,1-5H3. The number of nitrogens with zero attached hydrogens (tertiary/aromatic N) is 3. The lowest BCUT2D eigenvalue weighted by molar-refractivity contribution is 0.0766. The SMILES string of the molecule is COC1=CC2=C(CC1OC)CC(C)n1c(C)c(-c3ccncc3C)c(C#N)c12. The second-order valence-corrected chi connectivity index (χ2v) is 7.61. The molecule has 1 aliphatic heterocycles. The zero-order valence-electron chi connectivity index (χ0n) is 17.0. The van der Waals surface area contributed by atoms with E-state index >= 15 is 0 Å². The van der Waals surface area contributed by atoms with Crippen LogP contribution in [0.3, 0.4) is 0 Å². The van der Waals surface area contributed by atoms with Crippen LogP contribution >= 0.6 is 0 Å². The van der Waals surface area contributed by atoms with E-state index in [1.807, 2.05) is 19.2 Å². The predicted octanol–water partition coefficient (Wildman–Crippen LogP) is 4.71. The number of fused-ring (bicyclic) bond motifs is 2. The highest BCUT2D eigenvalue weighted by molar-refractivity contribution is 5.88. The maximum atomic E-state index is 10.2. The molecule has 0 radical (unpaired) electrons. The highest BCUT2D eigenvalue weighted by Gasteiger charge is 2.35. The van der Waals surface area contributed by atoms with Crippen molar-refractivity contribution < 1.29 is 9.47 Å².